The molecule has 0 aromatic carbocycles. The summed E-state index contributed by atoms with van der Waals surface area (Å²) in [6, 6.07) is 2.02. The van der Waals surface area contributed by atoms with E-state index in [0.717, 1.165) is 18.5 Å². The lowest BCUT2D eigenvalue weighted by molar-refractivity contribution is -0.126. The van der Waals surface area contributed by atoms with Crippen molar-refractivity contribution < 1.29 is 4.79 Å². The molecule has 3 nitrogen and oxygen atoms in total. The minimum atomic E-state index is -0.000460. The second-order valence-corrected chi connectivity index (χ2v) is 3.36. The van der Waals surface area contributed by atoms with Crippen molar-refractivity contribution in [2.45, 2.75) is 13.0 Å². The summed E-state index contributed by atoms with van der Waals surface area (Å²) in [7, 11) is 0. The van der Waals surface area contributed by atoms with E-state index in [1.54, 1.807) is 11.1 Å². The Hall–Kier alpha value is -1.64. The summed E-state index contributed by atoms with van der Waals surface area (Å²) in [5.41, 5.74) is 2.45. The van der Waals surface area contributed by atoms with Crippen LogP contribution in [-0.2, 0) is 17.8 Å². The molecular formula is C11H12N2O. The number of aromatic nitrogens is 1. The van der Waals surface area contributed by atoms with E-state index in [0.29, 0.717) is 6.54 Å². The van der Waals surface area contributed by atoms with Crippen LogP contribution >= 0.6 is 0 Å². The first-order chi connectivity index (χ1) is 6.81. The smallest absolute Gasteiger partial charge is 0.246 e. The van der Waals surface area contributed by atoms with Gasteiger partial charge in [0.15, 0.2) is 0 Å². The monoisotopic (exact) mass is 188 g/mol. The molecule has 0 unspecified atom stereocenters. The molecule has 0 saturated heterocycles. The molecule has 1 amide bonds. The lowest BCUT2D eigenvalue weighted by Crippen LogP contribution is -2.34. The van der Waals surface area contributed by atoms with Crippen molar-refractivity contribution >= 4 is 5.91 Å². The molecule has 0 aliphatic carbocycles. The normalized spacial score (nSPS) is 14.7. The summed E-state index contributed by atoms with van der Waals surface area (Å²) in [5, 5.41) is 0. The zero-order valence-electron chi connectivity index (χ0n) is 7.94. The Balaban J connectivity index is 2.21. The third-order valence-electron chi connectivity index (χ3n) is 2.50. The SMILES string of the molecule is C=CC(=O)N1CCc2ccncc2C1. The summed E-state index contributed by atoms with van der Waals surface area (Å²) in [5.74, 6) is -0.000460. The number of pyridine rings is 1. The highest BCUT2D eigenvalue weighted by atomic mass is 16.2. The van der Waals surface area contributed by atoms with Gasteiger partial charge in [-0.05, 0) is 29.7 Å². The summed E-state index contributed by atoms with van der Waals surface area (Å²) in [6.07, 6.45) is 5.90. The van der Waals surface area contributed by atoms with Gasteiger partial charge < -0.3 is 4.90 Å². The van der Waals surface area contributed by atoms with Gasteiger partial charge in [-0.1, -0.05) is 6.58 Å². The highest BCUT2D eigenvalue weighted by molar-refractivity contribution is 5.87. The van der Waals surface area contributed by atoms with Crippen LogP contribution < -0.4 is 0 Å². The molecule has 2 rings (SSSR count). The molecular weight excluding hydrogens is 176 g/mol. The number of nitrogens with zero attached hydrogens (tertiary/aromatic N) is 2. The molecule has 2 heterocycles. The molecule has 0 bridgehead atoms. The van der Waals surface area contributed by atoms with Gasteiger partial charge in [0.05, 0.1) is 0 Å². The van der Waals surface area contributed by atoms with Gasteiger partial charge in [-0.25, -0.2) is 0 Å². The van der Waals surface area contributed by atoms with Gasteiger partial charge in [0.1, 0.15) is 0 Å². The molecule has 0 atom stereocenters. The molecule has 0 fully saturated rings. The number of hydrogen-bond acceptors (Lipinski definition) is 2. The zero-order chi connectivity index (χ0) is 9.97. The second-order valence-electron chi connectivity index (χ2n) is 3.36. The maximum Gasteiger partial charge on any atom is 0.246 e. The van der Waals surface area contributed by atoms with E-state index in [4.69, 9.17) is 0 Å². The Bertz CT molecular complexity index is 373. The maximum absolute atomic E-state index is 11.4. The number of carbonyl (C=O) groups is 1. The van der Waals surface area contributed by atoms with Crippen LogP contribution in [0.5, 0.6) is 0 Å². The Morgan fingerprint density at radius 3 is 3.21 bits per heavy atom. The molecule has 1 aromatic rings. The van der Waals surface area contributed by atoms with Crippen LogP contribution in [0.2, 0.25) is 0 Å². The van der Waals surface area contributed by atoms with Crippen LogP contribution in [0.1, 0.15) is 11.1 Å². The fourth-order valence-electron chi connectivity index (χ4n) is 1.70. The molecule has 0 spiro atoms. The predicted molar refractivity (Wildman–Crippen MR) is 53.6 cm³/mol. The molecule has 72 valence electrons. The minimum absolute atomic E-state index is 0.000460. The summed E-state index contributed by atoms with van der Waals surface area (Å²) >= 11 is 0. The molecule has 14 heavy (non-hydrogen) atoms. The Labute approximate surface area is 83.1 Å². The van der Waals surface area contributed by atoms with Gasteiger partial charge >= 0.3 is 0 Å². The number of fused-ring (bicyclic) bond motifs is 1. The van der Waals surface area contributed by atoms with Crippen molar-refractivity contribution in [3.63, 3.8) is 0 Å². The van der Waals surface area contributed by atoms with E-state index in [1.165, 1.54) is 11.6 Å². The van der Waals surface area contributed by atoms with Crippen LogP contribution in [0.3, 0.4) is 0 Å². The first kappa shape index (κ1) is 8.94. The van der Waals surface area contributed by atoms with Crippen molar-refractivity contribution in [3.8, 4) is 0 Å². The fourth-order valence-corrected chi connectivity index (χ4v) is 1.70. The van der Waals surface area contributed by atoms with Gasteiger partial charge in [0, 0.05) is 25.5 Å². The second kappa shape index (κ2) is 3.62. The maximum atomic E-state index is 11.4. The lowest BCUT2D eigenvalue weighted by Gasteiger charge is -2.27. The highest BCUT2D eigenvalue weighted by Gasteiger charge is 2.18. The molecule has 1 aliphatic heterocycles. The van der Waals surface area contributed by atoms with E-state index in [-0.39, 0.29) is 5.91 Å². The lowest BCUT2D eigenvalue weighted by atomic mass is 10.0. The summed E-state index contributed by atoms with van der Waals surface area (Å²) in [6.45, 7) is 4.93. The van der Waals surface area contributed by atoms with E-state index in [2.05, 4.69) is 11.6 Å². The van der Waals surface area contributed by atoms with E-state index in [9.17, 15) is 4.79 Å². The molecule has 1 aromatic heterocycles. The number of hydrogen-bond donors (Lipinski definition) is 0. The number of rotatable bonds is 1. The van der Waals surface area contributed by atoms with E-state index < -0.39 is 0 Å². The van der Waals surface area contributed by atoms with E-state index in [1.807, 2.05) is 12.3 Å². The zero-order valence-corrected chi connectivity index (χ0v) is 7.94. The molecule has 1 aliphatic rings. The quantitative estimate of drug-likeness (QED) is 0.619. The third-order valence-corrected chi connectivity index (χ3v) is 2.50. The van der Waals surface area contributed by atoms with Crippen molar-refractivity contribution in [3.05, 3.63) is 42.2 Å². The minimum Gasteiger partial charge on any atom is -0.334 e. The van der Waals surface area contributed by atoms with Gasteiger partial charge in [0.2, 0.25) is 5.91 Å². The predicted octanol–water partition coefficient (Wildman–Crippen LogP) is 1.15. The average Bonchev–Trinajstić information content (AvgIpc) is 2.27. The van der Waals surface area contributed by atoms with Gasteiger partial charge in [-0.15, -0.1) is 0 Å². The van der Waals surface area contributed by atoms with E-state index >= 15 is 0 Å². The standard InChI is InChI=1S/C11H12N2O/c1-2-11(14)13-6-4-9-3-5-12-7-10(9)8-13/h2-3,5,7H,1,4,6,8H2. The van der Waals surface area contributed by atoms with Crippen molar-refractivity contribution in [2.24, 2.45) is 0 Å². The Kier molecular flexibility index (Phi) is 2.31. The molecule has 3 heteroatoms. The molecule has 0 saturated carbocycles. The average molecular weight is 188 g/mol. The van der Waals surface area contributed by atoms with Crippen LogP contribution in [0.25, 0.3) is 0 Å². The summed E-state index contributed by atoms with van der Waals surface area (Å²) < 4.78 is 0. The fraction of sp³-hybridized carbons (Fsp3) is 0.273. The highest BCUT2D eigenvalue weighted by Crippen LogP contribution is 2.17. The van der Waals surface area contributed by atoms with Crippen LogP contribution in [0.15, 0.2) is 31.1 Å². The van der Waals surface area contributed by atoms with Gasteiger partial charge in [0.25, 0.3) is 0 Å². The first-order valence-electron chi connectivity index (χ1n) is 4.64. The number of carbonyl (C=O) groups excluding carboxylic acids is 1. The Morgan fingerprint density at radius 2 is 2.43 bits per heavy atom. The van der Waals surface area contributed by atoms with Gasteiger partial charge in [-0.3, -0.25) is 9.78 Å². The number of amides is 1. The van der Waals surface area contributed by atoms with Crippen molar-refractivity contribution in [1.82, 2.24) is 9.88 Å². The van der Waals surface area contributed by atoms with Crippen molar-refractivity contribution in [1.29, 1.82) is 0 Å². The van der Waals surface area contributed by atoms with Gasteiger partial charge in [-0.2, -0.15) is 0 Å². The largest absolute Gasteiger partial charge is 0.334 e. The summed E-state index contributed by atoms with van der Waals surface area (Å²) in [4.78, 5) is 17.2. The van der Waals surface area contributed by atoms with Crippen LogP contribution in [0.4, 0.5) is 0 Å². The Morgan fingerprint density at radius 1 is 1.57 bits per heavy atom. The van der Waals surface area contributed by atoms with Crippen LogP contribution in [0, 0.1) is 0 Å². The third kappa shape index (κ3) is 1.53. The topological polar surface area (TPSA) is 33.2 Å². The molecule has 0 N–H and O–H groups in total. The first-order valence-corrected chi connectivity index (χ1v) is 4.64. The van der Waals surface area contributed by atoms with Crippen LogP contribution in [-0.4, -0.2) is 22.3 Å². The molecule has 0 radical (unpaired) electrons. The van der Waals surface area contributed by atoms with Crippen molar-refractivity contribution in [2.75, 3.05) is 6.54 Å².